The van der Waals surface area contributed by atoms with Crippen molar-refractivity contribution in [3.8, 4) is 0 Å². The topological polar surface area (TPSA) is 44.1 Å². The van der Waals surface area contributed by atoms with E-state index < -0.39 is 23.4 Å². The Morgan fingerprint density at radius 3 is 2.45 bits per heavy atom. The van der Waals surface area contributed by atoms with Crippen molar-refractivity contribution < 1.29 is 22.7 Å². The predicted molar refractivity (Wildman–Crippen MR) is 73.4 cm³/mol. The second-order valence-corrected chi connectivity index (χ2v) is 4.67. The van der Waals surface area contributed by atoms with Crippen LogP contribution < -0.4 is 0 Å². The molecule has 0 spiro atoms. The highest BCUT2D eigenvalue weighted by Gasteiger charge is 2.42. The Bertz CT molecular complexity index is 663. The lowest BCUT2D eigenvalue weighted by Gasteiger charge is -2.10. The van der Waals surface area contributed by atoms with E-state index in [-0.39, 0.29) is 18.7 Å². The number of nitrogens with zero attached hydrogens (tertiary/aromatic N) is 2. The molecule has 0 amide bonds. The minimum atomic E-state index is -4.68. The van der Waals surface area contributed by atoms with E-state index in [2.05, 4.69) is 5.10 Å². The van der Waals surface area contributed by atoms with Gasteiger partial charge in [-0.1, -0.05) is 30.3 Å². The maximum atomic E-state index is 13.4. The fraction of sp³-hybridized carbons (Fsp3) is 0.333. The molecular weight excluding hydrogens is 297 g/mol. The molecule has 118 valence electrons. The molecule has 0 atom stereocenters. The Kier molecular flexibility index (Phi) is 4.54. The number of aromatic nitrogens is 2. The van der Waals surface area contributed by atoms with E-state index in [0.717, 1.165) is 4.68 Å². The van der Waals surface area contributed by atoms with Crippen LogP contribution in [-0.4, -0.2) is 22.4 Å². The molecule has 2 aromatic rings. The second kappa shape index (κ2) is 6.21. The monoisotopic (exact) mass is 312 g/mol. The average molecular weight is 312 g/mol. The Balaban J connectivity index is 2.51. The molecule has 7 heteroatoms. The molecule has 1 aromatic heterocycles. The smallest absolute Gasteiger partial charge is 0.420 e. The summed E-state index contributed by atoms with van der Waals surface area (Å²) in [7, 11) is 1.30. The van der Waals surface area contributed by atoms with Gasteiger partial charge in [0.2, 0.25) is 0 Å². The molecule has 22 heavy (non-hydrogen) atoms. The van der Waals surface area contributed by atoms with Gasteiger partial charge in [0.1, 0.15) is 5.56 Å². The van der Waals surface area contributed by atoms with Crippen LogP contribution in [0, 0.1) is 0 Å². The largest absolute Gasteiger partial charge is 0.461 e. The average Bonchev–Trinajstić information content (AvgIpc) is 2.76. The van der Waals surface area contributed by atoms with Crippen molar-refractivity contribution in [3.63, 3.8) is 0 Å². The van der Waals surface area contributed by atoms with E-state index in [4.69, 9.17) is 4.74 Å². The lowest BCUT2D eigenvalue weighted by molar-refractivity contribution is -0.138. The molecule has 0 radical (unpaired) electrons. The minimum Gasteiger partial charge on any atom is -0.461 e. The van der Waals surface area contributed by atoms with Crippen LogP contribution in [0.3, 0.4) is 0 Å². The lowest BCUT2D eigenvalue weighted by Crippen LogP contribution is -2.18. The van der Waals surface area contributed by atoms with Crippen LogP contribution in [0.4, 0.5) is 13.2 Å². The fourth-order valence-electron chi connectivity index (χ4n) is 2.22. The zero-order valence-corrected chi connectivity index (χ0v) is 12.1. The van der Waals surface area contributed by atoms with E-state index in [0.29, 0.717) is 5.56 Å². The summed E-state index contributed by atoms with van der Waals surface area (Å²) in [4.78, 5) is 11.8. The van der Waals surface area contributed by atoms with Gasteiger partial charge in [0.05, 0.1) is 12.3 Å². The third-order valence-electron chi connectivity index (χ3n) is 3.09. The van der Waals surface area contributed by atoms with Crippen LogP contribution in [0.2, 0.25) is 0 Å². The van der Waals surface area contributed by atoms with Gasteiger partial charge in [-0.05, 0) is 12.5 Å². The molecule has 0 aliphatic rings. The standard InChI is InChI=1S/C15H15F3N2O2/c1-3-22-14(21)13-12(15(16,17)18)11(19-20(13)2)9-10-7-5-4-6-8-10/h4-8H,3,9H2,1-2H3. The van der Waals surface area contributed by atoms with Crippen molar-refractivity contribution in [1.29, 1.82) is 0 Å². The van der Waals surface area contributed by atoms with Gasteiger partial charge in [-0.25, -0.2) is 4.79 Å². The lowest BCUT2D eigenvalue weighted by atomic mass is 10.0. The van der Waals surface area contributed by atoms with Crippen molar-refractivity contribution in [2.24, 2.45) is 7.05 Å². The maximum absolute atomic E-state index is 13.4. The number of halogens is 3. The van der Waals surface area contributed by atoms with E-state index >= 15 is 0 Å². The number of benzene rings is 1. The van der Waals surface area contributed by atoms with Gasteiger partial charge in [0.15, 0.2) is 5.69 Å². The Morgan fingerprint density at radius 1 is 1.27 bits per heavy atom. The van der Waals surface area contributed by atoms with Crippen molar-refractivity contribution >= 4 is 5.97 Å². The summed E-state index contributed by atoms with van der Waals surface area (Å²) in [6.07, 6.45) is -4.69. The Labute approximate surface area is 125 Å². The molecule has 0 bridgehead atoms. The van der Waals surface area contributed by atoms with Gasteiger partial charge < -0.3 is 4.74 Å². The fourth-order valence-corrected chi connectivity index (χ4v) is 2.22. The van der Waals surface area contributed by atoms with Crippen molar-refractivity contribution in [2.75, 3.05) is 6.61 Å². The van der Waals surface area contributed by atoms with Crippen molar-refractivity contribution in [3.05, 3.63) is 52.8 Å². The van der Waals surface area contributed by atoms with Crippen molar-refractivity contribution in [2.45, 2.75) is 19.5 Å². The van der Waals surface area contributed by atoms with Gasteiger partial charge in [-0.2, -0.15) is 18.3 Å². The summed E-state index contributed by atoms with van der Waals surface area (Å²) in [6.45, 7) is 1.53. The van der Waals surface area contributed by atoms with Gasteiger partial charge in [0, 0.05) is 13.5 Å². The molecule has 4 nitrogen and oxygen atoms in total. The van der Waals surface area contributed by atoms with Gasteiger partial charge in [0.25, 0.3) is 0 Å². The first-order valence-corrected chi connectivity index (χ1v) is 6.68. The van der Waals surface area contributed by atoms with Crippen LogP contribution in [-0.2, 0) is 24.4 Å². The predicted octanol–water partition coefficient (Wildman–Crippen LogP) is 3.21. The van der Waals surface area contributed by atoms with Crippen LogP contribution in [0.15, 0.2) is 30.3 Å². The van der Waals surface area contributed by atoms with Crippen LogP contribution in [0.25, 0.3) is 0 Å². The third-order valence-corrected chi connectivity index (χ3v) is 3.09. The van der Waals surface area contributed by atoms with E-state index in [1.807, 2.05) is 0 Å². The van der Waals surface area contributed by atoms with E-state index in [1.54, 1.807) is 30.3 Å². The number of ether oxygens (including phenoxy) is 1. The summed E-state index contributed by atoms with van der Waals surface area (Å²) < 4.78 is 45.7. The molecular formula is C15H15F3N2O2. The molecule has 0 N–H and O–H groups in total. The van der Waals surface area contributed by atoms with Crippen molar-refractivity contribution in [1.82, 2.24) is 9.78 Å². The van der Waals surface area contributed by atoms with Crippen LogP contribution in [0.1, 0.15) is 34.2 Å². The quantitative estimate of drug-likeness (QED) is 0.814. The summed E-state index contributed by atoms with van der Waals surface area (Å²) in [5.41, 5.74) is -1.11. The first-order valence-electron chi connectivity index (χ1n) is 6.68. The Hall–Kier alpha value is -2.31. The zero-order chi connectivity index (χ0) is 16.3. The first-order chi connectivity index (χ1) is 10.3. The summed E-state index contributed by atoms with van der Waals surface area (Å²) in [5, 5.41) is 3.87. The van der Waals surface area contributed by atoms with E-state index in [9.17, 15) is 18.0 Å². The normalized spacial score (nSPS) is 11.5. The maximum Gasteiger partial charge on any atom is 0.420 e. The number of esters is 1. The third kappa shape index (κ3) is 3.29. The van der Waals surface area contributed by atoms with Gasteiger partial charge in [-0.15, -0.1) is 0 Å². The molecule has 0 aliphatic carbocycles. The highest BCUT2D eigenvalue weighted by Crippen LogP contribution is 2.35. The van der Waals surface area contributed by atoms with Crippen LogP contribution >= 0.6 is 0 Å². The number of carbonyl (C=O) groups is 1. The molecule has 0 saturated carbocycles. The number of alkyl halides is 3. The number of hydrogen-bond acceptors (Lipinski definition) is 3. The number of rotatable bonds is 4. The molecule has 1 aromatic carbocycles. The van der Waals surface area contributed by atoms with E-state index in [1.165, 1.54) is 14.0 Å². The number of carbonyl (C=O) groups excluding carboxylic acids is 1. The first kappa shape index (κ1) is 16.1. The SMILES string of the molecule is CCOC(=O)c1c(C(F)(F)F)c(Cc2ccccc2)nn1C. The number of hydrogen-bond donors (Lipinski definition) is 0. The highest BCUT2D eigenvalue weighted by atomic mass is 19.4. The second-order valence-electron chi connectivity index (χ2n) is 4.67. The molecule has 0 aliphatic heterocycles. The van der Waals surface area contributed by atoms with Crippen LogP contribution in [0.5, 0.6) is 0 Å². The highest BCUT2D eigenvalue weighted by molar-refractivity contribution is 5.89. The molecule has 0 saturated heterocycles. The molecule has 1 heterocycles. The molecule has 2 rings (SSSR count). The molecule has 0 unspecified atom stereocenters. The number of aryl methyl sites for hydroxylation is 1. The summed E-state index contributed by atoms with van der Waals surface area (Å²) in [6, 6.07) is 8.66. The zero-order valence-electron chi connectivity index (χ0n) is 12.1. The Morgan fingerprint density at radius 2 is 1.91 bits per heavy atom. The van der Waals surface area contributed by atoms with Gasteiger partial charge in [-0.3, -0.25) is 4.68 Å². The summed E-state index contributed by atoms with van der Waals surface area (Å²) >= 11 is 0. The summed E-state index contributed by atoms with van der Waals surface area (Å²) in [5.74, 6) is -1.02. The van der Waals surface area contributed by atoms with Gasteiger partial charge >= 0.3 is 12.1 Å². The minimum absolute atomic E-state index is 0.00463. The molecule has 0 fully saturated rings.